The van der Waals surface area contributed by atoms with E-state index in [9.17, 15) is 19.6 Å². The monoisotopic (exact) mass is 510 g/mol. The van der Waals surface area contributed by atoms with Gasteiger partial charge < -0.3 is 15.0 Å². The summed E-state index contributed by atoms with van der Waals surface area (Å²) in [6.07, 6.45) is 4.82. The lowest BCUT2D eigenvalue weighted by Crippen LogP contribution is -2.32. The Morgan fingerprint density at radius 1 is 1.16 bits per heavy atom. The van der Waals surface area contributed by atoms with Gasteiger partial charge in [0.2, 0.25) is 0 Å². The zero-order chi connectivity index (χ0) is 27.4. The number of hydrogen-bond donors (Lipinski definition) is 1. The van der Waals surface area contributed by atoms with E-state index in [2.05, 4.69) is 16.2 Å². The van der Waals surface area contributed by atoms with Gasteiger partial charge in [-0.2, -0.15) is 10.4 Å². The fourth-order valence-electron chi connectivity index (χ4n) is 4.26. The maximum absolute atomic E-state index is 13.6. The van der Waals surface area contributed by atoms with Crippen LogP contribution in [0.5, 0.6) is 5.75 Å². The Kier molecular flexibility index (Phi) is 7.48. The van der Waals surface area contributed by atoms with Crippen LogP contribution in [0.15, 0.2) is 65.8 Å². The minimum Gasteiger partial charge on any atom is -0.495 e. The molecule has 2 N–H and O–H groups in total. The van der Waals surface area contributed by atoms with Crippen molar-refractivity contribution in [2.24, 2.45) is 12.8 Å². The minimum atomic E-state index is -0.899. The van der Waals surface area contributed by atoms with E-state index in [0.29, 0.717) is 33.7 Å². The van der Waals surface area contributed by atoms with E-state index < -0.39 is 17.5 Å². The third-order valence-electron chi connectivity index (χ3n) is 6.18. The molecule has 1 unspecified atom stereocenters. The van der Waals surface area contributed by atoms with Crippen molar-refractivity contribution in [3.63, 3.8) is 0 Å². The largest absolute Gasteiger partial charge is 0.495 e. The fourth-order valence-corrected chi connectivity index (χ4v) is 4.26. The number of hydrogen-bond acceptors (Lipinski definition) is 7. The van der Waals surface area contributed by atoms with Crippen LogP contribution in [0.2, 0.25) is 0 Å². The summed E-state index contributed by atoms with van der Waals surface area (Å²) in [7, 11) is 3.24. The highest BCUT2D eigenvalue weighted by atomic mass is 16.5. The molecule has 1 amide bonds. The molecule has 3 aromatic heterocycles. The second-order valence-corrected chi connectivity index (χ2v) is 8.92. The molecule has 4 aromatic rings. The van der Waals surface area contributed by atoms with Crippen LogP contribution in [0.1, 0.15) is 38.9 Å². The number of methoxy groups -OCH3 is 1. The molecule has 0 aliphatic carbocycles. The molecule has 192 valence electrons. The molecular formula is C28H26N6O4. The van der Waals surface area contributed by atoms with Crippen LogP contribution in [0.3, 0.4) is 0 Å². The number of Topliss-reactive ketones (excluding diaryl/α,β-unsaturated/α-hetero) is 1. The summed E-state index contributed by atoms with van der Waals surface area (Å²) >= 11 is 0. The van der Waals surface area contributed by atoms with Gasteiger partial charge in [-0.15, -0.1) is 0 Å². The van der Waals surface area contributed by atoms with E-state index in [4.69, 9.17) is 10.5 Å². The summed E-state index contributed by atoms with van der Waals surface area (Å²) < 4.78 is 8.58. The fraction of sp³-hybridized carbons (Fsp3) is 0.214. The van der Waals surface area contributed by atoms with Gasteiger partial charge in [-0.1, -0.05) is 17.7 Å². The first-order valence-electron chi connectivity index (χ1n) is 11.8. The Morgan fingerprint density at radius 2 is 1.95 bits per heavy atom. The van der Waals surface area contributed by atoms with E-state index in [1.165, 1.54) is 36.2 Å². The number of carbonyl (C=O) groups is 2. The van der Waals surface area contributed by atoms with Crippen molar-refractivity contribution in [2.45, 2.75) is 25.8 Å². The number of pyridine rings is 2. The maximum Gasteiger partial charge on any atom is 0.267 e. The molecule has 0 bridgehead atoms. The van der Waals surface area contributed by atoms with Crippen molar-refractivity contribution < 1.29 is 14.3 Å². The molecule has 3 heterocycles. The number of nitrogens with zero attached hydrogens (tertiary/aromatic N) is 5. The van der Waals surface area contributed by atoms with Crippen LogP contribution < -0.4 is 16.0 Å². The predicted molar refractivity (Wildman–Crippen MR) is 140 cm³/mol. The lowest BCUT2D eigenvalue weighted by molar-refractivity contribution is -0.121. The topological polar surface area (TPSA) is 146 Å². The van der Waals surface area contributed by atoms with Crippen LogP contribution >= 0.6 is 0 Å². The van der Waals surface area contributed by atoms with Crippen molar-refractivity contribution in [1.29, 1.82) is 5.26 Å². The smallest absolute Gasteiger partial charge is 0.267 e. The minimum absolute atomic E-state index is 0.0312. The molecule has 10 heteroatoms. The van der Waals surface area contributed by atoms with Gasteiger partial charge in [0.05, 0.1) is 30.6 Å². The highest BCUT2D eigenvalue weighted by molar-refractivity contribution is 5.91. The number of nitriles is 1. The number of amides is 1. The second kappa shape index (κ2) is 10.9. The maximum atomic E-state index is 13.6. The lowest BCUT2D eigenvalue weighted by atomic mass is 9.97. The van der Waals surface area contributed by atoms with Crippen LogP contribution in [0.25, 0.3) is 11.1 Å². The normalized spacial score (nSPS) is 11.5. The first kappa shape index (κ1) is 26.0. The number of ketones is 1. The molecule has 0 aliphatic rings. The SMILES string of the molecule is COc1cn(C(Cc2ccn(C)n2)C(=O)Cc2ccc(C(N)=O)nc2)c(=O)cc1-c1cc(C)ccc1C#N. The van der Waals surface area contributed by atoms with Crippen LogP contribution in [-0.4, -0.2) is 38.1 Å². The molecule has 10 nitrogen and oxygen atoms in total. The molecule has 0 fully saturated rings. The van der Waals surface area contributed by atoms with Crippen LogP contribution in [0.4, 0.5) is 0 Å². The van der Waals surface area contributed by atoms with Gasteiger partial charge in [-0.3, -0.25) is 24.0 Å². The second-order valence-electron chi connectivity index (χ2n) is 8.92. The summed E-state index contributed by atoms with van der Waals surface area (Å²) in [6, 6.07) is 12.8. The molecule has 1 aromatic carbocycles. The van der Waals surface area contributed by atoms with Crippen LogP contribution in [0, 0.1) is 18.3 Å². The third kappa shape index (κ3) is 5.52. The zero-order valence-corrected chi connectivity index (χ0v) is 21.2. The Bertz CT molecular complexity index is 1610. The Morgan fingerprint density at radius 3 is 2.55 bits per heavy atom. The highest BCUT2D eigenvalue weighted by Gasteiger charge is 2.25. The van der Waals surface area contributed by atoms with Crippen molar-refractivity contribution >= 4 is 11.7 Å². The third-order valence-corrected chi connectivity index (χ3v) is 6.18. The van der Waals surface area contributed by atoms with Gasteiger partial charge in [-0.25, -0.2) is 0 Å². The molecule has 0 saturated heterocycles. The Hall–Kier alpha value is -5.04. The van der Waals surface area contributed by atoms with E-state index in [1.54, 1.807) is 36.1 Å². The Balaban J connectivity index is 1.78. The standard InChI is InChI=1S/C28H26N6O4/c1-17-4-6-19(14-29)21(10-17)22-13-27(36)34(16-26(22)38-3)24(12-20-8-9-33(2)32-20)25(35)11-18-5-7-23(28(30)37)31-15-18/h4-10,13,15-16,24H,11-12H2,1-3H3,(H2,30,37). The zero-order valence-electron chi connectivity index (χ0n) is 21.2. The van der Waals surface area contributed by atoms with Crippen molar-refractivity contribution in [2.75, 3.05) is 7.11 Å². The number of aromatic nitrogens is 4. The summed E-state index contributed by atoms with van der Waals surface area (Å²) in [5.41, 5.74) is 8.48. The molecule has 0 spiro atoms. The predicted octanol–water partition coefficient (Wildman–Crippen LogP) is 2.53. The number of aryl methyl sites for hydroxylation is 2. The molecule has 0 saturated carbocycles. The summed E-state index contributed by atoms with van der Waals surface area (Å²) in [4.78, 5) is 42.4. The highest BCUT2D eigenvalue weighted by Crippen LogP contribution is 2.32. The van der Waals surface area contributed by atoms with Gasteiger partial charge in [-0.05, 0) is 36.8 Å². The quantitative estimate of drug-likeness (QED) is 0.364. The molecule has 38 heavy (non-hydrogen) atoms. The number of rotatable bonds is 9. The summed E-state index contributed by atoms with van der Waals surface area (Å²) in [5, 5.41) is 14.0. The average molecular weight is 511 g/mol. The van der Waals surface area contributed by atoms with Crippen molar-refractivity contribution in [1.82, 2.24) is 19.3 Å². The number of benzene rings is 1. The summed E-state index contributed by atoms with van der Waals surface area (Å²) in [5.74, 6) is -0.574. The molecule has 4 rings (SSSR count). The van der Waals surface area contributed by atoms with Gasteiger partial charge in [0.1, 0.15) is 17.5 Å². The van der Waals surface area contributed by atoms with E-state index >= 15 is 0 Å². The number of ether oxygens (including phenoxy) is 1. The van der Waals surface area contributed by atoms with Crippen LogP contribution in [-0.2, 0) is 24.7 Å². The molecular weight excluding hydrogens is 484 g/mol. The van der Waals surface area contributed by atoms with E-state index in [0.717, 1.165) is 5.56 Å². The molecule has 1 atom stereocenters. The average Bonchev–Trinajstić information content (AvgIpc) is 3.32. The summed E-state index contributed by atoms with van der Waals surface area (Å²) in [6.45, 7) is 1.89. The number of primary amides is 1. The van der Waals surface area contributed by atoms with Crippen molar-refractivity contribution in [3.05, 3.63) is 99.5 Å². The van der Waals surface area contributed by atoms with Crippen molar-refractivity contribution in [3.8, 4) is 22.9 Å². The number of nitrogens with two attached hydrogens (primary N) is 1. The number of carbonyl (C=O) groups excluding carboxylic acids is 2. The van der Waals surface area contributed by atoms with E-state index in [-0.39, 0.29) is 24.3 Å². The molecule has 0 radical (unpaired) electrons. The van der Waals surface area contributed by atoms with Gasteiger partial charge >= 0.3 is 0 Å². The molecule has 0 aliphatic heterocycles. The lowest BCUT2D eigenvalue weighted by Gasteiger charge is -2.20. The van der Waals surface area contributed by atoms with Gasteiger partial charge in [0.25, 0.3) is 11.5 Å². The van der Waals surface area contributed by atoms with Gasteiger partial charge in [0, 0.05) is 49.5 Å². The van der Waals surface area contributed by atoms with Gasteiger partial charge in [0.15, 0.2) is 5.78 Å². The first-order chi connectivity index (χ1) is 18.2. The first-order valence-corrected chi connectivity index (χ1v) is 11.8. The van der Waals surface area contributed by atoms with E-state index in [1.807, 2.05) is 19.1 Å². The Labute approximate surface area is 218 Å².